The summed E-state index contributed by atoms with van der Waals surface area (Å²) in [5.41, 5.74) is 6.59. The van der Waals surface area contributed by atoms with Gasteiger partial charge in [-0.15, -0.1) is 0 Å². The Morgan fingerprint density at radius 2 is 1.47 bits per heavy atom. The van der Waals surface area contributed by atoms with Gasteiger partial charge in [-0.3, -0.25) is 14.4 Å². The Labute approximate surface area is 212 Å². The van der Waals surface area contributed by atoms with Crippen LogP contribution in [-0.2, 0) is 35.0 Å². The summed E-state index contributed by atoms with van der Waals surface area (Å²) in [7, 11) is 0. The number of hydrogen-bond donors (Lipinski definition) is 1. The maximum absolute atomic E-state index is 12.4. The first-order chi connectivity index (χ1) is 17.2. The van der Waals surface area contributed by atoms with Gasteiger partial charge in [0.2, 0.25) is 0 Å². The Hall–Kier alpha value is -3.14. The number of esters is 3. The van der Waals surface area contributed by atoms with Crippen LogP contribution in [0.5, 0.6) is 11.5 Å². The lowest BCUT2D eigenvalue weighted by atomic mass is 10.1. The summed E-state index contributed by atoms with van der Waals surface area (Å²) in [6, 6.07) is 3.64. The van der Waals surface area contributed by atoms with Crippen LogP contribution in [-0.4, -0.2) is 49.4 Å². The van der Waals surface area contributed by atoms with Crippen molar-refractivity contribution in [3.8, 4) is 11.5 Å². The van der Waals surface area contributed by atoms with E-state index < -0.39 is 36.2 Å². The molecule has 0 aliphatic heterocycles. The van der Waals surface area contributed by atoms with E-state index in [0.29, 0.717) is 24.8 Å². The molecule has 202 valence electrons. The summed E-state index contributed by atoms with van der Waals surface area (Å²) >= 11 is 0. The van der Waals surface area contributed by atoms with E-state index in [2.05, 4.69) is 0 Å². The molecule has 0 aromatic heterocycles. The van der Waals surface area contributed by atoms with Crippen molar-refractivity contribution < 1.29 is 42.9 Å². The zero-order valence-corrected chi connectivity index (χ0v) is 21.7. The molecular formula is C26H39NO9. The van der Waals surface area contributed by atoms with Crippen LogP contribution in [0.4, 0.5) is 4.79 Å². The number of carbonyl (C=O) groups is 4. The highest BCUT2D eigenvalue weighted by Crippen LogP contribution is 2.30. The highest BCUT2D eigenvalue weighted by atomic mass is 16.7. The quantitative estimate of drug-likeness (QED) is 0.254. The number of benzene rings is 1. The largest absolute Gasteiger partial charge is 0.508 e. The molecule has 2 atom stereocenters. The summed E-state index contributed by atoms with van der Waals surface area (Å²) in [4.78, 5) is 48.1. The van der Waals surface area contributed by atoms with Crippen LogP contribution in [0, 0.1) is 0 Å². The number of rotatable bonds is 16. The van der Waals surface area contributed by atoms with Gasteiger partial charge in [-0.25, -0.2) is 4.79 Å². The van der Waals surface area contributed by atoms with Crippen molar-refractivity contribution in [3.05, 3.63) is 23.8 Å². The predicted molar refractivity (Wildman–Crippen MR) is 132 cm³/mol. The third-order valence-corrected chi connectivity index (χ3v) is 4.86. The Morgan fingerprint density at radius 1 is 0.861 bits per heavy atom. The molecule has 0 amide bonds. The summed E-state index contributed by atoms with van der Waals surface area (Å²) in [5.74, 6) is -1.35. The van der Waals surface area contributed by atoms with Crippen LogP contribution in [0.1, 0.15) is 78.2 Å². The molecule has 0 fully saturated rings. The molecule has 0 unspecified atom stereocenters. The Kier molecular flexibility index (Phi) is 14.9. The lowest BCUT2D eigenvalue weighted by molar-refractivity contribution is -0.152. The van der Waals surface area contributed by atoms with Gasteiger partial charge in [0, 0.05) is 12.8 Å². The van der Waals surface area contributed by atoms with E-state index in [9.17, 15) is 19.2 Å². The zero-order chi connectivity index (χ0) is 26.9. The number of carbonyl (C=O) groups excluding carboxylic acids is 4. The number of ether oxygens (including phenoxy) is 5. The van der Waals surface area contributed by atoms with Gasteiger partial charge in [-0.1, -0.05) is 39.7 Å². The molecule has 0 saturated heterocycles. The maximum atomic E-state index is 12.4. The lowest BCUT2D eigenvalue weighted by Crippen LogP contribution is -2.37. The molecule has 1 aromatic rings. The number of nitrogens with two attached hydrogens (primary N) is 1. The van der Waals surface area contributed by atoms with Gasteiger partial charge in [-0.05, 0) is 50.3 Å². The van der Waals surface area contributed by atoms with E-state index in [1.807, 2.05) is 20.8 Å². The monoisotopic (exact) mass is 509 g/mol. The molecule has 36 heavy (non-hydrogen) atoms. The van der Waals surface area contributed by atoms with E-state index >= 15 is 0 Å². The van der Waals surface area contributed by atoms with Gasteiger partial charge in [-0.2, -0.15) is 0 Å². The van der Waals surface area contributed by atoms with Crippen LogP contribution in [0.25, 0.3) is 0 Å². The molecule has 0 aliphatic rings. The van der Waals surface area contributed by atoms with Gasteiger partial charge in [0.25, 0.3) is 0 Å². The van der Waals surface area contributed by atoms with Crippen LogP contribution in [0.3, 0.4) is 0 Å². The average molecular weight is 510 g/mol. The Morgan fingerprint density at radius 3 is 2.06 bits per heavy atom. The molecule has 2 N–H and O–H groups in total. The maximum Gasteiger partial charge on any atom is 0.508 e. The topological polar surface area (TPSA) is 140 Å². The van der Waals surface area contributed by atoms with Crippen LogP contribution in [0.2, 0.25) is 0 Å². The van der Waals surface area contributed by atoms with Gasteiger partial charge in [0.1, 0.15) is 18.8 Å². The molecular weight excluding hydrogens is 470 g/mol. The second kappa shape index (κ2) is 17.3. The van der Waals surface area contributed by atoms with Gasteiger partial charge >= 0.3 is 24.1 Å². The van der Waals surface area contributed by atoms with E-state index in [-0.39, 0.29) is 44.0 Å². The molecule has 10 nitrogen and oxygen atoms in total. The first kappa shape index (κ1) is 30.9. The SMILES string of the molecule is CCCCC(=O)Oc1ccc(C[C@H](N)C(=O)O[C@@H](C)COC(=O)OCCC)cc1OC(=O)CCCC. The van der Waals surface area contributed by atoms with Crippen LogP contribution in [0.15, 0.2) is 18.2 Å². The molecule has 0 saturated carbocycles. The van der Waals surface area contributed by atoms with Crippen molar-refractivity contribution in [1.82, 2.24) is 0 Å². The van der Waals surface area contributed by atoms with Crippen molar-refractivity contribution in [1.29, 1.82) is 0 Å². The van der Waals surface area contributed by atoms with E-state index in [1.165, 1.54) is 12.1 Å². The van der Waals surface area contributed by atoms with Gasteiger partial charge < -0.3 is 29.4 Å². The van der Waals surface area contributed by atoms with Crippen LogP contribution < -0.4 is 15.2 Å². The molecule has 10 heteroatoms. The van der Waals surface area contributed by atoms with Crippen molar-refractivity contribution in [2.24, 2.45) is 5.73 Å². The molecule has 1 rings (SSSR count). The minimum atomic E-state index is -1.03. The standard InChI is InChI=1S/C26H39NO9/c1-5-8-10-23(28)35-21-13-12-19(16-22(21)36-24(29)11-9-6-2)15-20(27)25(30)34-18(4)17-33-26(31)32-14-7-3/h12-13,16,18,20H,5-11,14-15,17,27H2,1-4H3/t18-,20-/m0/s1. The molecule has 1 aromatic carbocycles. The minimum Gasteiger partial charge on any atom is -0.458 e. The Balaban J connectivity index is 2.80. The van der Waals surface area contributed by atoms with Crippen molar-refractivity contribution >= 4 is 24.1 Å². The molecule has 0 aliphatic carbocycles. The smallest absolute Gasteiger partial charge is 0.458 e. The molecule has 0 spiro atoms. The predicted octanol–water partition coefficient (Wildman–Crippen LogP) is 4.24. The second-order valence-electron chi connectivity index (χ2n) is 8.40. The normalized spacial score (nSPS) is 12.2. The summed E-state index contributed by atoms with van der Waals surface area (Å²) in [6.07, 6.45) is 2.67. The Bertz CT molecular complexity index is 856. The first-order valence-corrected chi connectivity index (χ1v) is 12.5. The third-order valence-electron chi connectivity index (χ3n) is 4.86. The van der Waals surface area contributed by atoms with E-state index in [1.54, 1.807) is 13.0 Å². The average Bonchev–Trinajstić information content (AvgIpc) is 2.85. The molecule has 0 heterocycles. The van der Waals surface area contributed by atoms with E-state index in [0.717, 1.165) is 12.8 Å². The molecule has 0 radical (unpaired) electrons. The van der Waals surface area contributed by atoms with Crippen molar-refractivity contribution in [2.45, 2.75) is 91.2 Å². The minimum absolute atomic E-state index is 0.0779. The number of unbranched alkanes of at least 4 members (excludes halogenated alkanes) is 2. The van der Waals surface area contributed by atoms with Gasteiger partial charge in [0.15, 0.2) is 11.5 Å². The van der Waals surface area contributed by atoms with Crippen LogP contribution >= 0.6 is 0 Å². The van der Waals surface area contributed by atoms with E-state index in [4.69, 9.17) is 29.4 Å². The summed E-state index contributed by atoms with van der Waals surface area (Å²) in [6.45, 7) is 7.41. The fourth-order valence-electron chi connectivity index (χ4n) is 2.90. The fourth-order valence-corrected chi connectivity index (χ4v) is 2.90. The number of hydrogen-bond acceptors (Lipinski definition) is 10. The summed E-state index contributed by atoms with van der Waals surface area (Å²) in [5, 5.41) is 0. The lowest BCUT2D eigenvalue weighted by Gasteiger charge is -2.17. The second-order valence-corrected chi connectivity index (χ2v) is 8.40. The highest BCUT2D eigenvalue weighted by molar-refractivity contribution is 5.77. The fraction of sp³-hybridized carbons (Fsp3) is 0.615. The van der Waals surface area contributed by atoms with Gasteiger partial charge in [0.05, 0.1) is 6.61 Å². The zero-order valence-electron chi connectivity index (χ0n) is 21.7. The molecule has 0 bridgehead atoms. The third kappa shape index (κ3) is 12.5. The summed E-state index contributed by atoms with van der Waals surface area (Å²) < 4.78 is 25.8. The van der Waals surface area contributed by atoms with Crippen molar-refractivity contribution in [2.75, 3.05) is 13.2 Å². The highest BCUT2D eigenvalue weighted by Gasteiger charge is 2.21. The van der Waals surface area contributed by atoms with Crippen molar-refractivity contribution in [3.63, 3.8) is 0 Å². The first-order valence-electron chi connectivity index (χ1n) is 12.5.